The standard InChI is InChI=1S/C14H16F2N2/c1-14(10-17)5-7-18(8-6-14)9-11-12(15)3-2-4-13(11)16/h2-4H,5-9H2,1H3. The highest BCUT2D eigenvalue weighted by molar-refractivity contribution is 5.19. The Bertz CT molecular complexity index is 451. The van der Waals surface area contributed by atoms with Crippen molar-refractivity contribution >= 4 is 0 Å². The maximum Gasteiger partial charge on any atom is 0.130 e. The molecule has 4 heteroatoms. The van der Waals surface area contributed by atoms with Crippen LogP contribution in [0.3, 0.4) is 0 Å². The van der Waals surface area contributed by atoms with E-state index in [0.717, 1.165) is 12.8 Å². The highest BCUT2D eigenvalue weighted by atomic mass is 19.1. The molecule has 0 amide bonds. The average Bonchev–Trinajstić information content (AvgIpc) is 2.36. The molecule has 2 nitrogen and oxygen atoms in total. The summed E-state index contributed by atoms with van der Waals surface area (Å²) in [6.07, 6.45) is 1.50. The molecule has 0 unspecified atom stereocenters. The summed E-state index contributed by atoms with van der Waals surface area (Å²) >= 11 is 0. The molecular weight excluding hydrogens is 234 g/mol. The zero-order chi connectivity index (χ0) is 13.2. The topological polar surface area (TPSA) is 27.0 Å². The van der Waals surface area contributed by atoms with E-state index >= 15 is 0 Å². The summed E-state index contributed by atoms with van der Waals surface area (Å²) in [5.74, 6) is -0.993. The van der Waals surface area contributed by atoms with Crippen LogP contribution in [-0.4, -0.2) is 18.0 Å². The molecule has 18 heavy (non-hydrogen) atoms. The third-order valence-corrected chi connectivity index (χ3v) is 3.67. The van der Waals surface area contributed by atoms with Crippen molar-refractivity contribution in [1.82, 2.24) is 4.90 Å². The van der Waals surface area contributed by atoms with Gasteiger partial charge in [0.1, 0.15) is 11.6 Å². The van der Waals surface area contributed by atoms with Gasteiger partial charge in [-0.25, -0.2) is 8.78 Å². The van der Waals surface area contributed by atoms with E-state index in [1.807, 2.05) is 11.8 Å². The highest BCUT2D eigenvalue weighted by Gasteiger charge is 2.30. The summed E-state index contributed by atoms with van der Waals surface area (Å²) in [6.45, 7) is 3.63. The van der Waals surface area contributed by atoms with E-state index < -0.39 is 11.6 Å². The SMILES string of the molecule is CC1(C#N)CCN(Cc2c(F)cccc2F)CC1. The number of hydrogen-bond donors (Lipinski definition) is 0. The number of likely N-dealkylation sites (tertiary alicyclic amines) is 1. The molecule has 0 saturated carbocycles. The zero-order valence-corrected chi connectivity index (χ0v) is 10.4. The van der Waals surface area contributed by atoms with Gasteiger partial charge in [0.05, 0.1) is 11.5 Å². The molecule has 0 bridgehead atoms. The lowest BCUT2D eigenvalue weighted by molar-refractivity contribution is 0.147. The molecule has 0 radical (unpaired) electrons. The van der Waals surface area contributed by atoms with Crippen molar-refractivity contribution in [2.24, 2.45) is 5.41 Å². The van der Waals surface area contributed by atoms with E-state index in [9.17, 15) is 8.78 Å². The van der Waals surface area contributed by atoms with Crippen molar-refractivity contribution in [1.29, 1.82) is 5.26 Å². The van der Waals surface area contributed by atoms with Gasteiger partial charge in [0.15, 0.2) is 0 Å². The number of rotatable bonds is 2. The van der Waals surface area contributed by atoms with Gasteiger partial charge in [-0.3, -0.25) is 4.90 Å². The van der Waals surface area contributed by atoms with Crippen LogP contribution < -0.4 is 0 Å². The molecule has 0 atom stereocenters. The van der Waals surface area contributed by atoms with Gasteiger partial charge in [-0.2, -0.15) is 5.26 Å². The molecule has 0 aromatic heterocycles. The molecular formula is C14H16F2N2. The first-order valence-electron chi connectivity index (χ1n) is 6.10. The van der Waals surface area contributed by atoms with Gasteiger partial charge in [0.25, 0.3) is 0 Å². The second-order valence-electron chi connectivity index (χ2n) is 5.15. The lowest BCUT2D eigenvalue weighted by atomic mass is 9.82. The molecule has 0 spiro atoms. The Kier molecular flexibility index (Phi) is 3.63. The van der Waals surface area contributed by atoms with Crippen LogP contribution in [0.2, 0.25) is 0 Å². The third kappa shape index (κ3) is 2.68. The van der Waals surface area contributed by atoms with Crippen molar-refractivity contribution in [2.45, 2.75) is 26.3 Å². The summed E-state index contributed by atoms with van der Waals surface area (Å²) in [4.78, 5) is 2.00. The van der Waals surface area contributed by atoms with Gasteiger partial charge in [-0.05, 0) is 45.0 Å². The molecule has 1 fully saturated rings. The van der Waals surface area contributed by atoms with Crippen molar-refractivity contribution in [3.63, 3.8) is 0 Å². The van der Waals surface area contributed by atoms with Gasteiger partial charge in [0.2, 0.25) is 0 Å². The summed E-state index contributed by atoms with van der Waals surface area (Å²) in [5.41, 5.74) is -0.164. The van der Waals surface area contributed by atoms with E-state index in [2.05, 4.69) is 6.07 Å². The molecule has 1 aromatic rings. The minimum Gasteiger partial charge on any atom is -0.299 e. The Labute approximate surface area is 106 Å². The van der Waals surface area contributed by atoms with Crippen LogP contribution in [0.4, 0.5) is 8.78 Å². The van der Waals surface area contributed by atoms with Gasteiger partial charge >= 0.3 is 0 Å². The first kappa shape index (κ1) is 13.0. The van der Waals surface area contributed by atoms with Crippen LogP contribution in [0.15, 0.2) is 18.2 Å². The molecule has 1 aliphatic rings. The maximum atomic E-state index is 13.5. The predicted octanol–water partition coefficient (Wildman–Crippen LogP) is 3.09. The molecule has 96 valence electrons. The van der Waals surface area contributed by atoms with E-state index in [4.69, 9.17) is 5.26 Å². The third-order valence-electron chi connectivity index (χ3n) is 3.67. The summed E-state index contributed by atoms with van der Waals surface area (Å²) in [6, 6.07) is 6.24. The van der Waals surface area contributed by atoms with Crippen LogP contribution in [0.5, 0.6) is 0 Å². The molecule has 1 heterocycles. The number of nitrogens with zero attached hydrogens (tertiary/aromatic N) is 2. The summed E-state index contributed by atoms with van der Waals surface area (Å²) in [7, 11) is 0. The second kappa shape index (κ2) is 5.03. The quantitative estimate of drug-likeness (QED) is 0.806. The van der Waals surface area contributed by atoms with Crippen molar-refractivity contribution in [3.8, 4) is 6.07 Å². The molecule has 0 aliphatic carbocycles. The Morgan fingerprint density at radius 2 is 1.83 bits per heavy atom. The van der Waals surface area contributed by atoms with Gasteiger partial charge < -0.3 is 0 Å². The van der Waals surface area contributed by atoms with Crippen LogP contribution in [0.25, 0.3) is 0 Å². The first-order valence-corrected chi connectivity index (χ1v) is 6.10. The first-order chi connectivity index (χ1) is 8.54. The van der Waals surface area contributed by atoms with Crippen molar-refractivity contribution in [2.75, 3.05) is 13.1 Å². The number of nitriles is 1. The highest BCUT2D eigenvalue weighted by Crippen LogP contribution is 2.30. The van der Waals surface area contributed by atoms with Crippen LogP contribution in [-0.2, 0) is 6.54 Å². The van der Waals surface area contributed by atoms with Crippen LogP contribution >= 0.6 is 0 Å². The molecule has 0 N–H and O–H groups in total. The maximum absolute atomic E-state index is 13.5. The normalized spacial score (nSPS) is 19.4. The Balaban J connectivity index is 2.03. The van der Waals surface area contributed by atoms with E-state index in [1.54, 1.807) is 0 Å². The van der Waals surface area contributed by atoms with E-state index in [1.165, 1.54) is 18.2 Å². The van der Waals surface area contributed by atoms with Crippen molar-refractivity contribution in [3.05, 3.63) is 35.4 Å². The molecule has 1 aromatic carbocycles. The monoisotopic (exact) mass is 250 g/mol. The zero-order valence-electron chi connectivity index (χ0n) is 10.4. The predicted molar refractivity (Wildman–Crippen MR) is 64.6 cm³/mol. The minimum absolute atomic E-state index is 0.123. The fourth-order valence-corrected chi connectivity index (χ4v) is 2.22. The van der Waals surface area contributed by atoms with Crippen LogP contribution in [0.1, 0.15) is 25.3 Å². The largest absolute Gasteiger partial charge is 0.299 e. The summed E-state index contributed by atoms with van der Waals surface area (Å²) < 4.78 is 27.0. The summed E-state index contributed by atoms with van der Waals surface area (Å²) in [5, 5.41) is 9.03. The van der Waals surface area contributed by atoms with E-state index in [0.29, 0.717) is 13.1 Å². The lowest BCUT2D eigenvalue weighted by Crippen LogP contribution is -2.37. The van der Waals surface area contributed by atoms with Crippen molar-refractivity contribution < 1.29 is 8.78 Å². The molecule has 2 rings (SSSR count). The van der Waals surface area contributed by atoms with Gasteiger partial charge in [-0.1, -0.05) is 6.07 Å². The number of piperidine rings is 1. The Hall–Kier alpha value is -1.47. The fourth-order valence-electron chi connectivity index (χ4n) is 2.22. The average molecular weight is 250 g/mol. The minimum atomic E-state index is -0.497. The van der Waals surface area contributed by atoms with Crippen LogP contribution in [0, 0.1) is 28.4 Å². The second-order valence-corrected chi connectivity index (χ2v) is 5.15. The number of halogens is 2. The fraction of sp³-hybridized carbons (Fsp3) is 0.500. The Morgan fingerprint density at radius 3 is 2.33 bits per heavy atom. The lowest BCUT2D eigenvalue weighted by Gasteiger charge is -2.34. The van der Waals surface area contributed by atoms with E-state index in [-0.39, 0.29) is 17.5 Å². The molecule has 1 aliphatic heterocycles. The number of benzene rings is 1. The number of hydrogen-bond acceptors (Lipinski definition) is 2. The van der Waals surface area contributed by atoms with Gasteiger partial charge in [-0.15, -0.1) is 0 Å². The Morgan fingerprint density at radius 1 is 1.28 bits per heavy atom. The van der Waals surface area contributed by atoms with Gasteiger partial charge in [0, 0.05) is 12.1 Å². The molecule has 1 saturated heterocycles. The smallest absolute Gasteiger partial charge is 0.130 e.